The lowest BCUT2D eigenvalue weighted by Crippen LogP contribution is -2.02. The summed E-state index contributed by atoms with van der Waals surface area (Å²) in [6, 6.07) is 15.8. The van der Waals surface area contributed by atoms with E-state index in [1.54, 1.807) is 30.3 Å². The van der Waals surface area contributed by atoms with Gasteiger partial charge in [-0.15, -0.1) is 0 Å². The zero-order valence-electron chi connectivity index (χ0n) is 13.6. The number of halogens is 2. The molecular weight excluding hydrogens is 334 g/mol. The van der Waals surface area contributed by atoms with Crippen molar-refractivity contribution in [3.8, 4) is 22.3 Å². The molecule has 6 heteroatoms. The fraction of sp³-hybridized carbons (Fsp3) is 0. The number of fused-ring (bicyclic) bond motifs is 1. The molecule has 4 rings (SSSR count). The lowest BCUT2D eigenvalue weighted by molar-refractivity contribution is 0.627. The summed E-state index contributed by atoms with van der Waals surface area (Å²) in [5, 5.41) is 0. The van der Waals surface area contributed by atoms with E-state index in [0.29, 0.717) is 11.0 Å². The van der Waals surface area contributed by atoms with Crippen LogP contribution in [0.1, 0.15) is 0 Å². The van der Waals surface area contributed by atoms with Crippen LogP contribution in [0.4, 0.5) is 20.4 Å². The summed E-state index contributed by atoms with van der Waals surface area (Å²) < 4.78 is 26.7. The summed E-state index contributed by atoms with van der Waals surface area (Å²) in [7, 11) is 0. The minimum atomic E-state index is -0.341. The molecule has 0 aliphatic carbocycles. The Hall–Kier alpha value is -3.54. The molecule has 1 heterocycles. The molecule has 4 N–H and O–H groups in total. The lowest BCUT2D eigenvalue weighted by atomic mass is 9.93. The number of anilines is 2. The van der Waals surface area contributed by atoms with Crippen LogP contribution in [0.3, 0.4) is 0 Å². The number of hydrogen-bond acceptors (Lipinski definition) is 4. The lowest BCUT2D eigenvalue weighted by Gasteiger charge is -2.14. The van der Waals surface area contributed by atoms with Gasteiger partial charge in [-0.25, -0.2) is 18.7 Å². The number of benzene rings is 3. The monoisotopic (exact) mass is 348 g/mol. The van der Waals surface area contributed by atoms with Crippen molar-refractivity contribution in [2.24, 2.45) is 0 Å². The van der Waals surface area contributed by atoms with Gasteiger partial charge in [0.2, 0.25) is 0 Å². The highest BCUT2D eigenvalue weighted by Gasteiger charge is 2.15. The minimum absolute atomic E-state index is 0.122. The first-order chi connectivity index (χ1) is 12.5. The predicted molar refractivity (Wildman–Crippen MR) is 99.2 cm³/mol. The molecule has 0 atom stereocenters. The fourth-order valence-electron chi connectivity index (χ4n) is 2.93. The van der Waals surface area contributed by atoms with E-state index in [0.717, 1.165) is 22.3 Å². The van der Waals surface area contributed by atoms with Gasteiger partial charge in [0.1, 0.15) is 11.6 Å². The topological polar surface area (TPSA) is 77.8 Å². The molecule has 0 spiro atoms. The van der Waals surface area contributed by atoms with Crippen LogP contribution >= 0.6 is 0 Å². The van der Waals surface area contributed by atoms with Crippen molar-refractivity contribution in [2.45, 2.75) is 0 Å². The van der Waals surface area contributed by atoms with E-state index in [1.165, 1.54) is 24.3 Å². The summed E-state index contributed by atoms with van der Waals surface area (Å²) >= 11 is 0. The molecule has 0 radical (unpaired) electrons. The average molecular weight is 348 g/mol. The molecule has 26 heavy (non-hydrogen) atoms. The van der Waals surface area contributed by atoms with Gasteiger partial charge in [0.25, 0.3) is 0 Å². The molecule has 0 fully saturated rings. The average Bonchev–Trinajstić information content (AvgIpc) is 2.64. The Kier molecular flexibility index (Phi) is 3.73. The largest absolute Gasteiger partial charge is 0.381 e. The Morgan fingerprint density at radius 3 is 1.77 bits per heavy atom. The highest BCUT2D eigenvalue weighted by Crippen LogP contribution is 2.37. The molecule has 0 saturated carbocycles. The van der Waals surface area contributed by atoms with E-state index < -0.39 is 0 Å². The second-order valence-corrected chi connectivity index (χ2v) is 5.86. The number of hydrogen-bond donors (Lipinski definition) is 2. The van der Waals surface area contributed by atoms with Crippen LogP contribution < -0.4 is 11.5 Å². The molecule has 0 aliphatic heterocycles. The van der Waals surface area contributed by atoms with E-state index >= 15 is 0 Å². The van der Waals surface area contributed by atoms with Crippen molar-refractivity contribution >= 4 is 22.7 Å². The van der Waals surface area contributed by atoms with Gasteiger partial charge in [-0.3, -0.25) is 0 Å². The standard InChI is InChI=1S/C20H14F2N4/c21-13-5-1-11(2-6-13)15-9-10-16-18(26-20(24)19(23)25-16)17(15)12-3-7-14(22)8-4-12/h1-10H,(H2,23,25)(H2,24,26). The molecule has 0 aliphatic rings. The number of nitrogens with zero attached hydrogens (tertiary/aromatic N) is 2. The highest BCUT2D eigenvalue weighted by atomic mass is 19.1. The molecule has 0 unspecified atom stereocenters. The van der Waals surface area contributed by atoms with Gasteiger partial charge in [-0.05, 0) is 47.0 Å². The van der Waals surface area contributed by atoms with Crippen molar-refractivity contribution < 1.29 is 8.78 Å². The van der Waals surface area contributed by atoms with Gasteiger partial charge < -0.3 is 11.5 Å². The van der Waals surface area contributed by atoms with Crippen LogP contribution in [0.15, 0.2) is 60.7 Å². The molecular formula is C20H14F2N4. The maximum atomic E-state index is 13.4. The first kappa shape index (κ1) is 16.0. The predicted octanol–water partition coefficient (Wildman–Crippen LogP) is 4.41. The quantitative estimate of drug-likeness (QED) is 0.563. The van der Waals surface area contributed by atoms with Crippen LogP contribution in [0, 0.1) is 11.6 Å². The van der Waals surface area contributed by atoms with E-state index in [-0.39, 0.29) is 23.3 Å². The van der Waals surface area contributed by atoms with Crippen molar-refractivity contribution in [1.82, 2.24) is 9.97 Å². The number of aromatic nitrogens is 2. The highest BCUT2D eigenvalue weighted by molar-refractivity contribution is 6.01. The fourth-order valence-corrected chi connectivity index (χ4v) is 2.93. The smallest absolute Gasteiger partial charge is 0.166 e. The molecule has 4 aromatic rings. The third-order valence-corrected chi connectivity index (χ3v) is 4.18. The molecule has 0 bridgehead atoms. The summed E-state index contributed by atoms with van der Waals surface area (Å²) in [5.74, 6) is -0.393. The SMILES string of the molecule is Nc1nc2ccc(-c3ccc(F)cc3)c(-c3ccc(F)cc3)c2nc1N. The van der Waals surface area contributed by atoms with Gasteiger partial charge in [0, 0.05) is 5.56 Å². The van der Waals surface area contributed by atoms with Gasteiger partial charge in [0.05, 0.1) is 11.0 Å². The Balaban J connectivity index is 2.08. The zero-order chi connectivity index (χ0) is 18.3. The molecule has 0 amide bonds. The van der Waals surface area contributed by atoms with E-state index in [4.69, 9.17) is 11.5 Å². The molecule has 128 valence electrons. The van der Waals surface area contributed by atoms with Gasteiger partial charge in [-0.2, -0.15) is 0 Å². The van der Waals surface area contributed by atoms with E-state index in [1.807, 2.05) is 6.07 Å². The summed E-state index contributed by atoms with van der Waals surface area (Å²) in [5.41, 5.74) is 15.8. The van der Waals surface area contributed by atoms with Crippen LogP contribution in [0.5, 0.6) is 0 Å². The maximum Gasteiger partial charge on any atom is 0.166 e. The zero-order valence-corrected chi connectivity index (χ0v) is 13.6. The van der Waals surface area contributed by atoms with Gasteiger partial charge >= 0.3 is 0 Å². The van der Waals surface area contributed by atoms with Gasteiger partial charge in [0.15, 0.2) is 11.6 Å². The molecule has 4 nitrogen and oxygen atoms in total. The summed E-state index contributed by atoms with van der Waals surface area (Å²) in [6.45, 7) is 0. The molecule has 3 aromatic carbocycles. The summed E-state index contributed by atoms with van der Waals surface area (Å²) in [4.78, 5) is 8.68. The normalized spacial score (nSPS) is 11.0. The van der Waals surface area contributed by atoms with Crippen LogP contribution in [0.2, 0.25) is 0 Å². The van der Waals surface area contributed by atoms with E-state index in [9.17, 15) is 8.78 Å². The van der Waals surface area contributed by atoms with Crippen molar-refractivity contribution in [3.63, 3.8) is 0 Å². The Morgan fingerprint density at radius 2 is 1.15 bits per heavy atom. The minimum Gasteiger partial charge on any atom is -0.381 e. The van der Waals surface area contributed by atoms with E-state index in [2.05, 4.69) is 9.97 Å². The van der Waals surface area contributed by atoms with Crippen molar-refractivity contribution in [1.29, 1.82) is 0 Å². The maximum absolute atomic E-state index is 13.4. The van der Waals surface area contributed by atoms with Crippen LogP contribution in [-0.4, -0.2) is 9.97 Å². The second kappa shape index (κ2) is 6.07. The Morgan fingerprint density at radius 1 is 0.615 bits per heavy atom. The summed E-state index contributed by atoms with van der Waals surface area (Å²) in [6.07, 6.45) is 0. The van der Waals surface area contributed by atoms with Crippen molar-refractivity contribution in [3.05, 3.63) is 72.3 Å². The molecule has 0 saturated heterocycles. The molecule has 1 aromatic heterocycles. The number of rotatable bonds is 2. The Bertz CT molecular complexity index is 1110. The van der Waals surface area contributed by atoms with Gasteiger partial charge in [-0.1, -0.05) is 30.3 Å². The van der Waals surface area contributed by atoms with Crippen LogP contribution in [-0.2, 0) is 0 Å². The first-order valence-corrected chi connectivity index (χ1v) is 7.90. The first-order valence-electron chi connectivity index (χ1n) is 7.90. The second-order valence-electron chi connectivity index (χ2n) is 5.86. The third kappa shape index (κ3) is 2.71. The van der Waals surface area contributed by atoms with Crippen molar-refractivity contribution in [2.75, 3.05) is 11.5 Å². The number of nitrogen functional groups attached to an aromatic ring is 2. The number of nitrogens with two attached hydrogens (primary N) is 2. The van der Waals surface area contributed by atoms with Crippen LogP contribution in [0.25, 0.3) is 33.3 Å². The Labute approximate surface area is 148 Å². The third-order valence-electron chi connectivity index (χ3n) is 4.18.